The van der Waals surface area contributed by atoms with Gasteiger partial charge in [0.1, 0.15) is 11.5 Å². The molecular weight excluding hydrogens is 434 g/mol. The number of aromatic nitrogens is 2. The van der Waals surface area contributed by atoms with Crippen LogP contribution in [0.25, 0.3) is 11.4 Å². The molecule has 1 fully saturated rings. The molecule has 2 aromatic heterocycles. The third-order valence-corrected chi connectivity index (χ3v) is 6.09. The summed E-state index contributed by atoms with van der Waals surface area (Å²) in [7, 11) is 3.11. The third-order valence-electron chi connectivity index (χ3n) is 5.23. The van der Waals surface area contributed by atoms with Crippen molar-refractivity contribution in [3.8, 4) is 22.9 Å². The maximum Gasteiger partial charge on any atom is 0.311 e. The maximum atomic E-state index is 12.6. The topological polar surface area (TPSA) is 104 Å². The van der Waals surface area contributed by atoms with E-state index in [0.29, 0.717) is 47.3 Å². The normalized spacial score (nSPS) is 15.9. The largest absolute Gasteiger partial charge is 0.497 e. The third kappa shape index (κ3) is 4.75. The second-order valence-corrected chi connectivity index (χ2v) is 8.20. The Balaban J connectivity index is 1.36. The molecule has 1 aliphatic rings. The fraction of sp³-hybridized carbons (Fsp3) is 0.364. The van der Waals surface area contributed by atoms with E-state index in [1.54, 1.807) is 36.3 Å². The van der Waals surface area contributed by atoms with Crippen LogP contribution in [0.3, 0.4) is 0 Å². The minimum atomic E-state index is -0.379. The van der Waals surface area contributed by atoms with Crippen molar-refractivity contribution in [2.45, 2.75) is 19.4 Å². The highest BCUT2D eigenvalue weighted by Crippen LogP contribution is 2.31. The fourth-order valence-electron chi connectivity index (χ4n) is 3.57. The summed E-state index contributed by atoms with van der Waals surface area (Å²) in [5.74, 6) is 0.864. The van der Waals surface area contributed by atoms with Crippen LogP contribution in [0.5, 0.6) is 11.5 Å². The number of rotatable bonds is 7. The molecule has 9 nitrogen and oxygen atoms in total. The average Bonchev–Trinajstić information content (AvgIpc) is 3.54. The molecule has 1 unspecified atom stereocenters. The van der Waals surface area contributed by atoms with E-state index in [4.69, 9.17) is 18.7 Å². The van der Waals surface area contributed by atoms with Gasteiger partial charge in [0.2, 0.25) is 5.82 Å². The molecule has 0 saturated carbocycles. The molecular formula is C22H23N3O6S. The Morgan fingerprint density at radius 1 is 1.25 bits per heavy atom. The average molecular weight is 458 g/mol. The maximum absolute atomic E-state index is 12.6. The number of hydrogen-bond acceptors (Lipinski definition) is 9. The second-order valence-electron chi connectivity index (χ2n) is 7.25. The predicted octanol–water partition coefficient (Wildman–Crippen LogP) is 3.41. The highest BCUT2D eigenvalue weighted by Gasteiger charge is 2.30. The summed E-state index contributed by atoms with van der Waals surface area (Å²) in [5.41, 5.74) is 0.629. The van der Waals surface area contributed by atoms with Gasteiger partial charge in [-0.2, -0.15) is 4.98 Å². The molecule has 1 saturated heterocycles. The summed E-state index contributed by atoms with van der Waals surface area (Å²) in [5, 5.41) is 5.82. The summed E-state index contributed by atoms with van der Waals surface area (Å²) < 4.78 is 21.2. The van der Waals surface area contributed by atoms with Gasteiger partial charge >= 0.3 is 5.97 Å². The lowest BCUT2D eigenvalue weighted by molar-refractivity contribution is -0.152. The lowest BCUT2D eigenvalue weighted by Crippen LogP contribution is -2.42. The minimum absolute atomic E-state index is 0.0486. The quantitative estimate of drug-likeness (QED) is 0.497. The van der Waals surface area contributed by atoms with Crippen LogP contribution in [0.2, 0.25) is 0 Å². The Bertz CT molecular complexity index is 1080. The molecule has 4 rings (SSSR count). The van der Waals surface area contributed by atoms with E-state index in [2.05, 4.69) is 10.1 Å². The van der Waals surface area contributed by atoms with Crippen molar-refractivity contribution < 1.29 is 28.3 Å². The lowest BCUT2D eigenvalue weighted by atomic mass is 9.98. The number of nitrogens with zero attached hydrogens (tertiary/aromatic N) is 3. The smallest absolute Gasteiger partial charge is 0.311 e. The molecule has 168 valence electrons. The number of methoxy groups -OCH3 is 2. The Labute approximate surface area is 188 Å². The zero-order valence-corrected chi connectivity index (χ0v) is 18.6. The fourth-order valence-corrected chi connectivity index (χ4v) is 4.26. The highest BCUT2D eigenvalue weighted by molar-refractivity contribution is 7.12. The molecule has 0 spiro atoms. The van der Waals surface area contributed by atoms with E-state index in [9.17, 15) is 9.59 Å². The zero-order chi connectivity index (χ0) is 22.5. The van der Waals surface area contributed by atoms with E-state index >= 15 is 0 Å². The van der Waals surface area contributed by atoms with Gasteiger partial charge < -0.3 is 23.6 Å². The monoisotopic (exact) mass is 457 g/mol. The summed E-state index contributed by atoms with van der Waals surface area (Å²) >= 11 is 1.40. The van der Waals surface area contributed by atoms with Crippen molar-refractivity contribution in [1.82, 2.24) is 15.0 Å². The number of carbonyl (C=O) groups excluding carboxylic acids is 2. The molecule has 10 heteroatoms. The first-order valence-corrected chi connectivity index (χ1v) is 11.0. The van der Waals surface area contributed by atoms with Gasteiger partial charge in [0.25, 0.3) is 11.8 Å². The van der Waals surface area contributed by atoms with E-state index in [1.807, 2.05) is 11.4 Å². The molecule has 32 heavy (non-hydrogen) atoms. The molecule has 0 aliphatic carbocycles. The van der Waals surface area contributed by atoms with Crippen LogP contribution >= 0.6 is 11.3 Å². The molecule has 3 aromatic rings. The Kier molecular flexibility index (Phi) is 6.69. The van der Waals surface area contributed by atoms with Gasteiger partial charge in [-0.1, -0.05) is 11.2 Å². The Morgan fingerprint density at radius 2 is 2.12 bits per heavy atom. The molecule has 1 aromatic carbocycles. The lowest BCUT2D eigenvalue weighted by Gasteiger charge is -2.31. The van der Waals surface area contributed by atoms with Crippen molar-refractivity contribution in [3.05, 3.63) is 46.5 Å². The number of amides is 1. The number of esters is 1. The number of thiophene rings is 1. The number of ether oxygens (including phenoxy) is 3. The van der Waals surface area contributed by atoms with Crippen molar-refractivity contribution in [3.63, 3.8) is 0 Å². The van der Waals surface area contributed by atoms with E-state index in [-0.39, 0.29) is 30.3 Å². The van der Waals surface area contributed by atoms with Gasteiger partial charge in [0.05, 0.1) is 30.6 Å². The molecule has 3 heterocycles. The van der Waals surface area contributed by atoms with Crippen LogP contribution in [0, 0.1) is 5.92 Å². The van der Waals surface area contributed by atoms with E-state index in [0.717, 1.165) is 6.42 Å². The molecule has 0 radical (unpaired) electrons. The first-order valence-electron chi connectivity index (χ1n) is 10.1. The van der Waals surface area contributed by atoms with E-state index in [1.165, 1.54) is 18.4 Å². The molecule has 1 aliphatic heterocycles. The van der Waals surface area contributed by atoms with Crippen LogP contribution in [-0.4, -0.2) is 54.2 Å². The van der Waals surface area contributed by atoms with E-state index < -0.39 is 0 Å². The Morgan fingerprint density at radius 3 is 2.88 bits per heavy atom. The van der Waals surface area contributed by atoms with Gasteiger partial charge in [-0.05, 0) is 36.4 Å². The number of carbonyl (C=O) groups is 2. The summed E-state index contributed by atoms with van der Waals surface area (Å²) in [4.78, 5) is 31.8. The molecule has 1 atom stereocenters. The number of hydrogen-bond donors (Lipinski definition) is 0. The highest BCUT2D eigenvalue weighted by atomic mass is 32.1. The summed E-state index contributed by atoms with van der Waals surface area (Å²) in [6, 6.07) is 8.88. The van der Waals surface area contributed by atoms with Crippen LogP contribution < -0.4 is 9.47 Å². The van der Waals surface area contributed by atoms with Crippen molar-refractivity contribution in [2.24, 2.45) is 5.92 Å². The number of benzene rings is 1. The van der Waals surface area contributed by atoms with Crippen molar-refractivity contribution in [1.29, 1.82) is 0 Å². The Hall–Kier alpha value is -3.40. The molecule has 0 bridgehead atoms. The standard InChI is InChI=1S/C22H23N3O6S/c1-28-15-7-8-16(17(11-15)29-2)20-23-19(31-24-20)13-30-22(27)14-5-3-9-25(12-14)21(26)18-6-4-10-32-18/h4,6-8,10-11,14H,3,5,9,12-13H2,1-2H3. The first kappa shape index (κ1) is 21.8. The summed E-state index contributed by atoms with van der Waals surface area (Å²) in [6.45, 7) is 0.838. The van der Waals surface area contributed by atoms with Crippen molar-refractivity contribution in [2.75, 3.05) is 27.3 Å². The van der Waals surface area contributed by atoms with Gasteiger partial charge in [-0.25, -0.2) is 0 Å². The van der Waals surface area contributed by atoms with Gasteiger partial charge in [0, 0.05) is 19.2 Å². The first-order chi connectivity index (χ1) is 15.6. The number of likely N-dealkylation sites (tertiary alicyclic amines) is 1. The van der Waals surface area contributed by atoms with Crippen LogP contribution in [0.4, 0.5) is 0 Å². The van der Waals surface area contributed by atoms with Crippen molar-refractivity contribution >= 4 is 23.2 Å². The summed E-state index contributed by atoms with van der Waals surface area (Å²) in [6.07, 6.45) is 1.42. The van der Waals surface area contributed by atoms with Gasteiger partial charge in [-0.15, -0.1) is 11.3 Å². The minimum Gasteiger partial charge on any atom is -0.497 e. The van der Waals surface area contributed by atoms with Crippen LogP contribution in [-0.2, 0) is 16.1 Å². The van der Waals surface area contributed by atoms with Gasteiger partial charge in [0.15, 0.2) is 6.61 Å². The molecule has 1 amide bonds. The van der Waals surface area contributed by atoms with Gasteiger partial charge in [-0.3, -0.25) is 9.59 Å². The predicted molar refractivity (Wildman–Crippen MR) is 116 cm³/mol. The van der Waals surface area contributed by atoms with Crippen LogP contribution in [0.15, 0.2) is 40.2 Å². The molecule has 0 N–H and O–H groups in total. The number of piperidine rings is 1. The SMILES string of the molecule is COc1ccc(-c2noc(COC(=O)C3CCCN(C(=O)c4cccs4)C3)n2)c(OC)c1. The zero-order valence-electron chi connectivity index (χ0n) is 17.8. The van der Waals surface area contributed by atoms with Crippen LogP contribution in [0.1, 0.15) is 28.4 Å². The second kappa shape index (κ2) is 9.82.